The zero-order chi connectivity index (χ0) is 23.9. The van der Waals surface area contributed by atoms with E-state index in [2.05, 4.69) is 4.98 Å². The van der Waals surface area contributed by atoms with Gasteiger partial charge in [0.2, 0.25) is 5.56 Å². The van der Waals surface area contributed by atoms with Crippen molar-refractivity contribution < 1.29 is 14.3 Å². The molecular weight excluding hydrogens is 430 g/mol. The average molecular weight is 466 g/mol. The van der Waals surface area contributed by atoms with Crippen molar-refractivity contribution in [2.24, 2.45) is 0 Å². The number of aromatic amines is 1. The first kappa shape index (κ1) is 24.0. The highest BCUT2D eigenvalue weighted by Crippen LogP contribution is 2.31. The molecule has 2 atom stereocenters. The van der Waals surface area contributed by atoms with Gasteiger partial charge in [-0.05, 0) is 50.3 Å². The van der Waals surface area contributed by atoms with Gasteiger partial charge in [-0.3, -0.25) is 14.4 Å². The Kier molecular flexibility index (Phi) is 8.03. The van der Waals surface area contributed by atoms with E-state index >= 15 is 0 Å². The van der Waals surface area contributed by atoms with E-state index in [-0.39, 0.29) is 29.5 Å². The number of pyridine rings is 1. The predicted octanol–water partition coefficient (Wildman–Crippen LogP) is 4.24. The molecule has 1 aromatic heterocycles. The summed E-state index contributed by atoms with van der Waals surface area (Å²) in [7, 11) is 1.85. The lowest BCUT2D eigenvalue weighted by Crippen LogP contribution is -2.51. The summed E-state index contributed by atoms with van der Waals surface area (Å²) in [4.78, 5) is 44.7. The Morgan fingerprint density at radius 3 is 2.44 bits per heavy atom. The molecule has 1 fully saturated rings. The van der Waals surface area contributed by atoms with Gasteiger partial charge in [0.1, 0.15) is 11.9 Å². The monoisotopic (exact) mass is 465 g/mol. The SMILES string of the molecule is CN1CCCCCCCN(C(=O)c2ccc(=O)[nH]c2)[C@@H]2CCCC[C@@H]2Oc2ccccc2C1=O. The fraction of sp³-hybridized carbons (Fsp3) is 0.519. The van der Waals surface area contributed by atoms with Crippen LogP contribution in [0.5, 0.6) is 5.75 Å². The summed E-state index contributed by atoms with van der Waals surface area (Å²) < 4.78 is 6.53. The van der Waals surface area contributed by atoms with Crippen molar-refractivity contribution in [3.05, 3.63) is 64.1 Å². The number of H-pyrrole nitrogens is 1. The number of amides is 2. The second kappa shape index (κ2) is 11.4. The molecule has 0 spiro atoms. The fourth-order valence-corrected chi connectivity index (χ4v) is 5.08. The van der Waals surface area contributed by atoms with Gasteiger partial charge in [0, 0.05) is 32.4 Å². The number of rotatable bonds is 1. The fourth-order valence-electron chi connectivity index (χ4n) is 5.08. The van der Waals surface area contributed by atoms with Crippen LogP contribution in [0, 0.1) is 0 Å². The summed E-state index contributed by atoms with van der Waals surface area (Å²) in [5.41, 5.74) is 0.834. The van der Waals surface area contributed by atoms with Gasteiger partial charge in [0.15, 0.2) is 0 Å². The van der Waals surface area contributed by atoms with Crippen LogP contribution in [0.15, 0.2) is 47.4 Å². The van der Waals surface area contributed by atoms with Crippen molar-refractivity contribution in [1.29, 1.82) is 0 Å². The van der Waals surface area contributed by atoms with E-state index < -0.39 is 0 Å². The minimum atomic E-state index is -0.223. The van der Waals surface area contributed by atoms with Crippen molar-refractivity contribution in [1.82, 2.24) is 14.8 Å². The van der Waals surface area contributed by atoms with Gasteiger partial charge in [0.05, 0.1) is 17.2 Å². The van der Waals surface area contributed by atoms with Gasteiger partial charge in [-0.15, -0.1) is 0 Å². The highest BCUT2D eigenvalue weighted by molar-refractivity contribution is 5.97. The largest absolute Gasteiger partial charge is 0.487 e. The molecule has 2 amide bonds. The first-order valence-corrected chi connectivity index (χ1v) is 12.6. The molecule has 2 aliphatic rings. The van der Waals surface area contributed by atoms with E-state index in [0.29, 0.717) is 23.4 Å². The van der Waals surface area contributed by atoms with Crippen LogP contribution in [0.25, 0.3) is 0 Å². The number of para-hydroxylation sites is 1. The lowest BCUT2D eigenvalue weighted by atomic mass is 9.90. The maximum absolute atomic E-state index is 13.6. The van der Waals surface area contributed by atoms with E-state index in [1.54, 1.807) is 11.0 Å². The molecule has 0 saturated heterocycles. The van der Waals surface area contributed by atoms with Gasteiger partial charge in [-0.25, -0.2) is 0 Å². The van der Waals surface area contributed by atoms with Crippen LogP contribution in [-0.4, -0.2) is 58.9 Å². The summed E-state index contributed by atoms with van der Waals surface area (Å²) in [6.45, 7) is 1.37. The first-order valence-electron chi connectivity index (χ1n) is 12.6. The number of hydrogen-bond donors (Lipinski definition) is 1. The van der Waals surface area contributed by atoms with E-state index in [1.165, 1.54) is 12.3 Å². The number of carbonyl (C=O) groups excluding carboxylic acids is 2. The molecule has 1 aromatic carbocycles. The zero-order valence-corrected chi connectivity index (χ0v) is 20.0. The number of fused-ring (bicyclic) bond motifs is 2. The summed E-state index contributed by atoms with van der Waals surface area (Å²) >= 11 is 0. The number of hydrogen-bond acceptors (Lipinski definition) is 4. The minimum Gasteiger partial charge on any atom is -0.487 e. The van der Waals surface area contributed by atoms with Crippen LogP contribution < -0.4 is 10.3 Å². The standard InChI is InChI=1S/C27H35N3O4/c1-29-17-9-3-2-4-10-18-30(26(32)20-15-16-25(31)28-19-20)22-12-6-8-14-24(22)34-23-13-7-5-11-21(23)27(29)33/h5,7,11,13,15-16,19,22,24H,2-4,6,8-10,12,14,17-18H2,1H3,(H,28,31)/t22-,24+/m1/s1. The van der Waals surface area contributed by atoms with Crippen molar-refractivity contribution in [3.63, 3.8) is 0 Å². The maximum Gasteiger partial charge on any atom is 0.257 e. The molecule has 182 valence electrons. The molecule has 7 heteroatoms. The van der Waals surface area contributed by atoms with Crippen molar-refractivity contribution in [2.45, 2.75) is 69.9 Å². The minimum absolute atomic E-state index is 0.0287. The average Bonchev–Trinajstić information content (AvgIpc) is 2.86. The number of benzene rings is 1. The Morgan fingerprint density at radius 2 is 1.65 bits per heavy atom. The Balaban J connectivity index is 1.67. The van der Waals surface area contributed by atoms with Crippen LogP contribution in [0.2, 0.25) is 0 Å². The van der Waals surface area contributed by atoms with E-state index in [4.69, 9.17) is 4.74 Å². The second-order valence-corrected chi connectivity index (χ2v) is 9.44. The molecule has 34 heavy (non-hydrogen) atoms. The lowest BCUT2D eigenvalue weighted by Gasteiger charge is -2.40. The molecule has 1 saturated carbocycles. The third-order valence-corrected chi connectivity index (χ3v) is 7.00. The van der Waals surface area contributed by atoms with Crippen molar-refractivity contribution >= 4 is 11.8 Å². The number of carbonyl (C=O) groups is 2. The summed E-state index contributed by atoms with van der Waals surface area (Å²) in [6.07, 6.45) is 10.1. The molecule has 0 bridgehead atoms. The number of ether oxygens (including phenoxy) is 1. The highest BCUT2D eigenvalue weighted by atomic mass is 16.5. The molecule has 1 N–H and O–H groups in total. The number of aromatic nitrogens is 1. The Hall–Kier alpha value is -3.09. The van der Waals surface area contributed by atoms with E-state index in [1.807, 2.05) is 36.2 Å². The van der Waals surface area contributed by atoms with Gasteiger partial charge in [-0.2, -0.15) is 0 Å². The Morgan fingerprint density at radius 1 is 0.912 bits per heavy atom. The van der Waals surface area contributed by atoms with Crippen molar-refractivity contribution in [2.75, 3.05) is 20.1 Å². The zero-order valence-electron chi connectivity index (χ0n) is 20.0. The van der Waals surface area contributed by atoms with Gasteiger partial charge < -0.3 is 19.5 Å². The number of nitrogens with one attached hydrogen (secondary N) is 1. The molecular formula is C27H35N3O4. The van der Waals surface area contributed by atoms with E-state index in [9.17, 15) is 14.4 Å². The molecule has 0 unspecified atom stereocenters. The van der Waals surface area contributed by atoms with Crippen LogP contribution in [0.1, 0.15) is 78.5 Å². The first-order chi connectivity index (χ1) is 16.5. The van der Waals surface area contributed by atoms with Crippen LogP contribution in [-0.2, 0) is 0 Å². The Labute approximate surface area is 201 Å². The quantitative estimate of drug-likeness (QED) is 0.683. The summed E-state index contributed by atoms with van der Waals surface area (Å²) in [5.74, 6) is 0.478. The van der Waals surface area contributed by atoms with Gasteiger partial charge in [-0.1, -0.05) is 37.8 Å². The number of nitrogens with zero attached hydrogens (tertiary/aromatic N) is 2. The third kappa shape index (κ3) is 5.69. The van der Waals surface area contributed by atoms with Crippen molar-refractivity contribution in [3.8, 4) is 5.75 Å². The smallest absolute Gasteiger partial charge is 0.257 e. The molecule has 0 radical (unpaired) electrons. The van der Waals surface area contributed by atoms with Crippen LogP contribution in [0.3, 0.4) is 0 Å². The molecule has 2 aromatic rings. The lowest BCUT2D eigenvalue weighted by molar-refractivity contribution is 0.0270. The van der Waals surface area contributed by atoms with Gasteiger partial charge >= 0.3 is 0 Å². The molecule has 7 nitrogen and oxygen atoms in total. The highest BCUT2D eigenvalue weighted by Gasteiger charge is 2.35. The third-order valence-electron chi connectivity index (χ3n) is 7.00. The van der Waals surface area contributed by atoms with Crippen LogP contribution >= 0.6 is 0 Å². The molecule has 4 rings (SSSR count). The normalized spacial score (nSPS) is 22.6. The predicted molar refractivity (Wildman–Crippen MR) is 131 cm³/mol. The van der Waals surface area contributed by atoms with E-state index in [0.717, 1.165) is 64.3 Å². The second-order valence-electron chi connectivity index (χ2n) is 9.44. The van der Waals surface area contributed by atoms with Crippen LogP contribution in [0.4, 0.5) is 0 Å². The summed E-state index contributed by atoms with van der Waals surface area (Å²) in [5, 5.41) is 0. The van der Waals surface area contributed by atoms with Gasteiger partial charge in [0.25, 0.3) is 11.8 Å². The Bertz CT molecular complexity index is 1030. The maximum atomic E-state index is 13.6. The topological polar surface area (TPSA) is 82.7 Å². The molecule has 2 heterocycles. The molecule has 1 aliphatic heterocycles. The molecule has 1 aliphatic carbocycles. The summed E-state index contributed by atoms with van der Waals surface area (Å²) in [6, 6.07) is 10.4.